The molecule has 28 heavy (non-hydrogen) atoms. The van der Waals surface area contributed by atoms with Gasteiger partial charge in [0.05, 0.1) is 0 Å². The number of hydrogen-bond acceptors (Lipinski definition) is 3. The first-order chi connectivity index (χ1) is 13.6. The van der Waals surface area contributed by atoms with Crippen molar-refractivity contribution >= 4 is 29.1 Å². The Morgan fingerprint density at radius 1 is 1.00 bits per heavy atom. The molecule has 2 aromatic rings. The first-order valence-electron chi connectivity index (χ1n) is 9.75. The largest absolute Gasteiger partial charge is 0.336 e. The lowest BCUT2D eigenvalue weighted by atomic mass is 10.1. The van der Waals surface area contributed by atoms with Crippen molar-refractivity contribution in [3.05, 3.63) is 64.7 Å². The Kier molecular flexibility index (Phi) is 5.64. The summed E-state index contributed by atoms with van der Waals surface area (Å²) in [6.07, 6.45) is 1.93. The maximum Gasteiger partial charge on any atom is 0.254 e. The summed E-state index contributed by atoms with van der Waals surface area (Å²) >= 11 is 5.94. The van der Waals surface area contributed by atoms with Gasteiger partial charge in [-0.05, 0) is 48.7 Å². The molecule has 0 atom stereocenters. The molecule has 2 aromatic carbocycles. The number of hydrogen-bond donors (Lipinski definition) is 1. The van der Waals surface area contributed by atoms with Crippen LogP contribution < -0.4 is 5.32 Å². The van der Waals surface area contributed by atoms with Gasteiger partial charge in [-0.2, -0.15) is 0 Å². The lowest BCUT2D eigenvalue weighted by Gasteiger charge is -2.34. The summed E-state index contributed by atoms with van der Waals surface area (Å²) < 4.78 is 0. The second-order valence-corrected chi connectivity index (χ2v) is 7.98. The van der Waals surface area contributed by atoms with Gasteiger partial charge in [-0.15, -0.1) is 0 Å². The third-order valence-electron chi connectivity index (χ3n) is 5.30. The summed E-state index contributed by atoms with van der Waals surface area (Å²) in [5, 5.41) is 3.66. The fraction of sp³-hybridized carbons (Fsp3) is 0.364. The van der Waals surface area contributed by atoms with E-state index in [9.17, 15) is 9.59 Å². The second-order valence-electron chi connectivity index (χ2n) is 7.54. The predicted molar refractivity (Wildman–Crippen MR) is 110 cm³/mol. The van der Waals surface area contributed by atoms with Gasteiger partial charge in [0.1, 0.15) is 0 Å². The molecule has 0 spiro atoms. The van der Waals surface area contributed by atoms with E-state index in [0.717, 1.165) is 37.5 Å². The molecule has 0 bridgehead atoms. The Hall–Kier alpha value is -2.37. The molecule has 2 aliphatic rings. The van der Waals surface area contributed by atoms with Crippen LogP contribution in [0.1, 0.15) is 28.8 Å². The highest BCUT2D eigenvalue weighted by Gasteiger charge is 2.29. The van der Waals surface area contributed by atoms with E-state index in [-0.39, 0.29) is 17.7 Å². The molecule has 0 unspecified atom stereocenters. The third-order valence-corrected chi connectivity index (χ3v) is 5.56. The molecule has 1 aliphatic heterocycles. The van der Waals surface area contributed by atoms with Crippen LogP contribution >= 0.6 is 11.6 Å². The van der Waals surface area contributed by atoms with Crippen LogP contribution in [0, 0.1) is 5.92 Å². The standard InChI is InChI=1S/C22H24ClN3O2/c23-19-8-4-16(5-9-19)15-25-10-12-26(13-11-25)22(28)18-2-1-3-20(14-18)24-21(27)17-6-7-17/h1-5,8-9,14,17H,6-7,10-13,15H2,(H,24,27). The SMILES string of the molecule is O=C(Nc1cccc(C(=O)N2CCN(Cc3ccc(Cl)cc3)CC2)c1)C1CC1. The number of benzene rings is 2. The van der Waals surface area contributed by atoms with Crippen LogP contribution in [0.15, 0.2) is 48.5 Å². The lowest BCUT2D eigenvalue weighted by Crippen LogP contribution is -2.48. The first-order valence-corrected chi connectivity index (χ1v) is 10.1. The van der Waals surface area contributed by atoms with E-state index in [4.69, 9.17) is 11.6 Å². The number of carbonyl (C=O) groups is 2. The van der Waals surface area contributed by atoms with Crippen molar-refractivity contribution in [2.24, 2.45) is 5.92 Å². The molecule has 1 N–H and O–H groups in total. The van der Waals surface area contributed by atoms with Gasteiger partial charge in [-0.3, -0.25) is 14.5 Å². The zero-order valence-electron chi connectivity index (χ0n) is 15.7. The Morgan fingerprint density at radius 2 is 1.71 bits per heavy atom. The Morgan fingerprint density at radius 3 is 2.39 bits per heavy atom. The summed E-state index contributed by atoms with van der Waals surface area (Å²) in [5.74, 6) is 0.224. The van der Waals surface area contributed by atoms with E-state index in [0.29, 0.717) is 24.3 Å². The Balaban J connectivity index is 1.32. The Bertz CT molecular complexity index is 856. The number of amides is 2. The van der Waals surface area contributed by atoms with Crippen molar-refractivity contribution in [3.63, 3.8) is 0 Å². The number of nitrogens with zero attached hydrogens (tertiary/aromatic N) is 2. The monoisotopic (exact) mass is 397 g/mol. The van der Waals surface area contributed by atoms with Crippen molar-refractivity contribution < 1.29 is 9.59 Å². The van der Waals surface area contributed by atoms with E-state index in [2.05, 4.69) is 10.2 Å². The minimum Gasteiger partial charge on any atom is -0.336 e. The highest BCUT2D eigenvalue weighted by Crippen LogP contribution is 2.30. The molecule has 2 fully saturated rings. The summed E-state index contributed by atoms with van der Waals surface area (Å²) in [6, 6.07) is 15.2. The molecule has 0 radical (unpaired) electrons. The van der Waals surface area contributed by atoms with Gasteiger partial charge >= 0.3 is 0 Å². The van der Waals surface area contributed by atoms with Crippen molar-refractivity contribution in [1.29, 1.82) is 0 Å². The van der Waals surface area contributed by atoms with Crippen LogP contribution in [0.25, 0.3) is 0 Å². The lowest BCUT2D eigenvalue weighted by molar-refractivity contribution is -0.117. The van der Waals surface area contributed by atoms with E-state index in [1.807, 2.05) is 47.4 Å². The number of halogens is 1. The fourth-order valence-corrected chi connectivity index (χ4v) is 3.59. The minimum atomic E-state index is 0.0219. The maximum absolute atomic E-state index is 12.9. The van der Waals surface area contributed by atoms with Crippen LogP contribution in [0.4, 0.5) is 5.69 Å². The fourth-order valence-electron chi connectivity index (χ4n) is 3.46. The van der Waals surface area contributed by atoms with Crippen LogP contribution in [0.3, 0.4) is 0 Å². The molecule has 0 aromatic heterocycles. The predicted octanol–water partition coefficient (Wildman–Crippen LogP) is 3.65. The molecule has 1 saturated carbocycles. The van der Waals surface area contributed by atoms with Crippen molar-refractivity contribution in [2.45, 2.75) is 19.4 Å². The topological polar surface area (TPSA) is 52.7 Å². The van der Waals surface area contributed by atoms with E-state index in [1.165, 1.54) is 5.56 Å². The molecule has 5 nitrogen and oxygen atoms in total. The van der Waals surface area contributed by atoms with Crippen LogP contribution in [-0.4, -0.2) is 47.8 Å². The quantitative estimate of drug-likeness (QED) is 0.837. The average molecular weight is 398 g/mol. The van der Waals surface area contributed by atoms with Crippen LogP contribution in [0.2, 0.25) is 5.02 Å². The minimum absolute atomic E-state index is 0.0219. The maximum atomic E-state index is 12.9. The first kappa shape index (κ1) is 19.0. The summed E-state index contributed by atoms with van der Waals surface area (Å²) in [4.78, 5) is 29.0. The van der Waals surface area contributed by atoms with Gasteiger partial charge in [-0.25, -0.2) is 0 Å². The number of carbonyl (C=O) groups excluding carboxylic acids is 2. The van der Waals surface area contributed by atoms with Gasteiger partial charge in [0.2, 0.25) is 5.91 Å². The molecule has 1 aliphatic carbocycles. The normalized spacial score (nSPS) is 17.4. The molecular weight excluding hydrogens is 374 g/mol. The van der Waals surface area contributed by atoms with E-state index >= 15 is 0 Å². The molecular formula is C22H24ClN3O2. The van der Waals surface area contributed by atoms with Crippen molar-refractivity contribution in [1.82, 2.24) is 9.80 Å². The van der Waals surface area contributed by atoms with Gasteiger partial charge in [0.15, 0.2) is 0 Å². The van der Waals surface area contributed by atoms with E-state index in [1.54, 1.807) is 6.07 Å². The highest BCUT2D eigenvalue weighted by atomic mass is 35.5. The zero-order chi connectivity index (χ0) is 19.5. The average Bonchev–Trinajstić information content (AvgIpc) is 3.55. The molecule has 4 rings (SSSR count). The Labute approximate surface area is 170 Å². The number of piperazine rings is 1. The van der Waals surface area contributed by atoms with Crippen molar-refractivity contribution in [2.75, 3.05) is 31.5 Å². The van der Waals surface area contributed by atoms with Gasteiger partial charge in [0, 0.05) is 54.9 Å². The molecule has 1 saturated heterocycles. The smallest absolute Gasteiger partial charge is 0.254 e. The summed E-state index contributed by atoms with van der Waals surface area (Å²) in [5.41, 5.74) is 2.55. The number of anilines is 1. The number of nitrogens with one attached hydrogen (secondary N) is 1. The van der Waals surface area contributed by atoms with E-state index < -0.39 is 0 Å². The van der Waals surface area contributed by atoms with Crippen LogP contribution in [-0.2, 0) is 11.3 Å². The summed E-state index contributed by atoms with van der Waals surface area (Å²) in [7, 11) is 0. The second kappa shape index (κ2) is 8.33. The molecule has 1 heterocycles. The van der Waals surface area contributed by atoms with Gasteiger partial charge in [-0.1, -0.05) is 29.8 Å². The van der Waals surface area contributed by atoms with Gasteiger partial charge in [0.25, 0.3) is 5.91 Å². The van der Waals surface area contributed by atoms with Crippen LogP contribution in [0.5, 0.6) is 0 Å². The zero-order valence-corrected chi connectivity index (χ0v) is 16.5. The summed E-state index contributed by atoms with van der Waals surface area (Å²) in [6.45, 7) is 3.94. The molecule has 146 valence electrons. The van der Waals surface area contributed by atoms with Gasteiger partial charge < -0.3 is 10.2 Å². The number of rotatable bonds is 5. The third kappa shape index (κ3) is 4.72. The highest BCUT2D eigenvalue weighted by molar-refractivity contribution is 6.30. The van der Waals surface area contributed by atoms with Crippen molar-refractivity contribution in [3.8, 4) is 0 Å². The molecule has 2 amide bonds. The molecule has 6 heteroatoms.